The van der Waals surface area contributed by atoms with Crippen molar-refractivity contribution in [2.45, 2.75) is 33.1 Å². The van der Waals surface area contributed by atoms with E-state index in [9.17, 15) is 14.3 Å². The maximum Gasteiger partial charge on any atom is 0.360 e. The van der Waals surface area contributed by atoms with Gasteiger partial charge in [0.25, 0.3) is 0 Å². The maximum absolute atomic E-state index is 13.4. The molecule has 0 atom stereocenters. The Morgan fingerprint density at radius 3 is 2.48 bits per heavy atom. The number of hydrogen-bond acceptors (Lipinski definition) is 4. The molecule has 0 saturated heterocycles. The molecule has 3 aromatic rings. The van der Waals surface area contributed by atoms with Crippen molar-refractivity contribution < 1.29 is 19.0 Å². The summed E-state index contributed by atoms with van der Waals surface area (Å²) >= 11 is 3.63. The molecular formula is C20H20BrFN2O3. The fourth-order valence-electron chi connectivity index (χ4n) is 3.10. The van der Waals surface area contributed by atoms with Crippen LogP contribution in [0.1, 0.15) is 43.7 Å². The second-order valence-electron chi connectivity index (χ2n) is 7.16. The van der Waals surface area contributed by atoms with Crippen molar-refractivity contribution in [1.29, 1.82) is 0 Å². The van der Waals surface area contributed by atoms with Gasteiger partial charge in [-0.1, -0.05) is 20.8 Å². The third kappa shape index (κ3) is 3.32. The number of carbonyl (C=O) groups excluding carboxylic acids is 1. The van der Waals surface area contributed by atoms with E-state index in [4.69, 9.17) is 4.74 Å². The molecule has 0 fully saturated rings. The van der Waals surface area contributed by atoms with Crippen LogP contribution in [0.2, 0.25) is 0 Å². The van der Waals surface area contributed by atoms with E-state index in [-0.39, 0.29) is 29.3 Å². The summed E-state index contributed by atoms with van der Waals surface area (Å²) in [6.07, 6.45) is 1.52. The Morgan fingerprint density at radius 1 is 1.30 bits per heavy atom. The first kappa shape index (κ1) is 19.4. The van der Waals surface area contributed by atoms with E-state index in [0.717, 1.165) is 5.56 Å². The lowest BCUT2D eigenvalue weighted by Gasteiger charge is -2.19. The van der Waals surface area contributed by atoms with Crippen molar-refractivity contribution >= 4 is 32.8 Å². The van der Waals surface area contributed by atoms with E-state index in [2.05, 4.69) is 20.9 Å². The molecule has 0 saturated carbocycles. The molecule has 142 valence electrons. The number of aromatic nitrogens is 2. The molecule has 0 amide bonds. The van der Waals surface area contributed by atoms with Gasteiger partial charge in [0.1, 0.15) is 5.82 Å². The predicted octanol–water partition coefficient (Wildman–Crippen LogP) is 5.11. The molecule has 0 spiro atoms. The van der Waals surface area contributed by atoms with Gasteiger partial charge in [0.2, 0.25) is 0 Å². The Kier molecular flexibility index (Phi) is 4.99. The number of pyridine rings is 1. The normalized spacial score (nSPS) is 11.8. The van der Waals surface area contributed by atoms with Crippen LogP contribution in [0, 0.1) is 5.82 Å². The van der Waals surface area contributed by atoms with Gasteiger partial charge in [-0.05, 0) is 52.5 Å². The maximum atomic E-state index is 13.4. The fourth-order valence-corrected chi connectivity index (χ4v) is 4.29. The van der Waals surface area contributed by atoms with Gasteiger partial charge in [0, 0.05) is 11.3 Å². The van der Waals surface area contributed by atoms with Crippen LogP contribution >= 0.6 is 15.9 Å². The number of rotatable bonds is 3. The molecule has 27 heavy (non-hydrogen) atoms. The van der Waals surface area contributed by atoms with Gasteiger partial charge in [-0.3, -0.25) is 0 Å². The molecule has 0 bridgehead atoms. The third-order valence-electron chi connectivity index (χ3n) is 4.23. The first-order valence-electron chi connectivity index (χ1n) is 8.52. The minimum Gasteiger partial charge on any atom is -0.505 e. The molecule has 2 heterocycles. The summed E-state index contributed by atoms with van der Waals surface area (Å²) in [7, 11) is 0. The number of nitrogens with zero attached hydrogens (tertiary/aromatic N) is 2. The largest absolute Gasteiger partial charge is 0.505 e. The van der Waals surface area contributed by atoms with Crippen LogP contribution < -0.4 is 0 Å². The third-order valence-corrected chi connectivity index (χ3v) is 4.98. The standard InChI is InChI=1S/C20H20BrFN2O3/c1-5-27-19(26)16-17(25)14-13(10-23-16)24(12-8-6-11(22)7-9-12)18(21)15(14)20(2,3)4/h6-10,25H,5H2,1-4H3. The molecule has 0 aliphatic carbocycles. The van der Waals surface area contributed by atoms with Crippen molar-refractivity contribution in [2.24, 2.45) is 0 Å². The Morgan fingerprint density at radius 2 is 1.93 bits per heavy atom. The SMILES string of the molecule is CCOC(=O)c1ncc2c(c1O)c(C(C)(C)C)c(Br)n2-c1ccc(F)cc1. The number of hydrogen-bond donors (Lipinski definition) is 1. The number of benzene rings is 1. The number of halogens is 2. The van der Waals surface area contributed by atoms with E-state index >= 15 is 0 Å². The highest BCUT2D eigenvalue weighted by Crippen LogP contribution is 2.44. The van der Waals surface area contributed by atoms with E-state index in [1.54, 1.807) is 19.1 Å². The lowest BCUT2D eigenvalue weighted by molar-refractivity contribution is 0.0516. The van der Waals surface area contributed by atoms with Gasteiger partial charge in [-0.25, -0.2) is 14.2 Å². The first-order valence-corrected chi connectivity index (χ1v) is 9.31. The molecule has 1 aromatic carbocycles. The molecule has 0 unspecified atom stereocenters. The fraction of sp³-hybridized carbons (Fsp3) is 0.300. The molecule has 2 aromatic heterocycles. The number of fused-ring (bicyclic) bond motifs is 1. The summed E-state index contributed by atoms with van der Waals surface area (Å²) in [6, 6.07) is 6.01. The highest BCUT2D eigenvalue weighted by Gasteiger charge is 2.30. The minimum absolute atomic E-state index is 0.126. The number of aromatic hydroxyl groups is 1. The van der Waals surface area contributed by atoms with Crippen LogP contribution in [-0.4, -0.2) is 27.2 Å². The highest BCUT2D eigenvalue weighted by molar-refractivity contribution is 9.10. The Balaban J connectivity index is 2.39. The van der Waals surface area contributed by atoms with Crippen molar-refractivity contribution in [1.82, 2.24) is 9.55 Å². The van der Waals surface area contributed by atoms with Crippen LogP contribution in [-0.2, 0) is 10.2 Å². The first-order chi connectivity index (χ1) is 12.7. The minimum atomic E-state index is -0.678. The summed E-state index contributed by atoms with van der Waals surface area (Å²) < 4.78 is 20.9. The number of carbonyl (C=O) groups is 1. The molecule has 3 rings (SSSR count). The molecule has 7 heteroatoms. The van der Waals surface area contributed by atoms with Gasteiger partial charge in [-0.2, -0.15) is 0 Å². The average molecular weight is 435 g/mol. The van der Waals surface area contributed by atoms with Gasteiger partial charge < -0.3 is 14.4 Å². The number of esters is 1. The lowest BCUT2D eigenvalue weighted by atomic mass is 9.86. The van der Waals surface area contributed by atoms with Gasteiger partial charge >= 0.3 is 5.97 Å². The van der Waals surface area contributed by atoms with Crippen LogP contribution in [0.3, 0.4) is 0 Å². The van der Waals surface area contributed by atoms with E-state index in [1.165, 1.54) is 18.3 Å². The zero-order valence-electron chi connectivity index (χ0n) is 15.5. The van der Waals surface area contributed by atoms with Crippen LogP contribution in [0.5, 0.6) is 5.75 Å². The predicted molar refractivity (Wildman–Crippen MR) is 105 cm³/mol. The summed E-state index contributed by atoms with van der Waals surface area (Å²) in [5, 5.41) is 11.4. The van der Waals surface area contributed by atoms with Gasteiger partial charge in [0.05, 0.1) is 28.3 Å². The highest BCUT2D eigenvalue weighted by atomic mass is 79.9. The Hall–Kier alpha value is -2.41. The summed E-state index contributed by atoms with van der Waals surface area (Å²) in [5.41, 5.74) is 1.64. The van der Waals surface area contributed by atoms with Gasteiger partial charge in [0.15, 0.2) is 11.4 Å². The second kappa shape index (κ2) is 6.96. The van der Waals surface area contributed by atoms with E-state index < -0.39 is 5.97 Å². The van der Waals surface area contributed by atoms with Crippen LogP contribution in [0.4, 0.5) is 4.39 Å². The van der Waals surface area contributed by atoms with Crippen molar-refractivity contribution in [2.75, 3.05) is 6.61 Å². The Labute approximate surface area is 164 Å². The molecular weight excluding hydrogens is 415 g/mol. The summed E-state index contributed by atoms with van der Waals surface area (Å²) in [5.74, 6) is -1.24. The molecule has 0 aliphatic heterocycles. The molecule has 0 radical (unpaired) electrons. The zero-order chi connectivity index (χ0) is 19.9. The summed E-state index contributed by atoms with van der Waals surface area (Å²) in [6.45, 7) is 7.89. The average Bonchev–Trinajstić information content (AvgIpc) is 2.89. The topological polar surface area (TPSA) is 64.3 Å². The molecule has 5 nitrogen and oxygen atoms in total. The van der Waals surface area contributed by atoms with Crippen molar-refractivity contribution in [3.63, 3.8) is 0 Å². The lowest BCUT2D eigenvalue weighted by Crippen LogP contribution is -2.12. The zero-order valence-corrected chi connectivity index (χ0v) is 17.1. The molecule has 0 aliphatic rings. The summed E-state index contributed by atoms with van der Waals surface area (Å²) in [4.78, 5) is 16.3. The van der Waals surface area contributed by atoms with Gasteiger partial charge in [-0.15, -0.1) is 0 Å². The van der Waals surface area contributed by atoms with Crippen molar-refractivity contribution in [3.8, 4) is 11.4 Å². The Bertz CT molecular complexity index is 1020. The molecule has 1 N–H and O–H groups in total. The van der Waals surface area contributed by atoms with Crippen molar-refractivity contribution in [3.05, 3.63) is 52.1 Å². The smallest absolute Gasteiger partial charge is 0.360 e. The van der Waals surface area contributed by atoms with Crippen LogP contribution in [0.25, 0.3) is 16.6 Å². The quantitative estimate of drug-likeness (QED) is 0.581. The van der Waals surface area contributed by atoms with E-state index in [1.807, 2.05) is 25.3 Å². The monoisotopic (exact) mass is 434 g/mol. The second-order valence-corrected chi connectivity index (χ2v) is 7.91. The number of ether oxygens (including phenoxy) is 1. The van der Waals surface area contributed by atoms with Crippen LogP contribution in [0.15, 0.2) is 35.1 Å². The van der Waals surface area contributed by atoms with E-state index in [0.29, 0.717) is 21.2 Å².